The second kappa shape index (κ2) is 11.2. The maximum atomic E-state index is 12.2. The average molecular weight is 452 g/mol. The second-order valence-electron chi connectivity index (χ2n) is 6.28. The Kier molecular flexibility index (Phi) is 9.01. The molecule has 0 bridgehead atoms. The Balaban J connectivity index is 1.75. The molecule has 2 aromatic carbocycles. The van der Waals surface area contributed by atoms with Crippen LogP contribution in [0.2, 0.25) is 0 Å². The lowest BCUT2D eigenvalue weighted by Gasteiger charge is -2.14. The zero-order valence-corrected chi connectivity index (χ0v) is 18.4. The first kappa shape index (κ1) is 21.6. The second-order valence-corrected chi connectivity index (χ2v) is 8.12. The molecule has 0 aliphatic carbocycles. The Morgan fingerprint density at radius 3 is 2.48 bits per heavy atom. The molecule has 0 radical (unpaired) electrons. The first-order valence-corrected chi connectivity index (χ1v) is 10.8. The van der Waals surface area contributed by atoms with Gasteiger partial charge in [-0.15, -0.1) is 11.8 Å². The standard InChI is InChI=1S/C21H26BrNO3S/c1-15(9-10-16-7-5-4-6-8-16)23-21(24)14-27-13-17-11-19(25-2)20(26-3)12-18(17)22/h4-8,11-12,15H,9-10,13-14H2,1-3H3,(H,23,24)/t15-/m1/s1. The molecule has 1 amide bonds. The van der Waals surface area contributed by atoms with Gasteiger partial charge in [-0.1, -0.05) is 46.3 Å². The molecule has 2 rings (SSSR count). The molecule has 0 aromatic heterocycles. The molecule has 1 atom stereocenters. The van der Waals surface area contributed by atoms with Crippen molar-refractivity contribution in [2.24, 2.45) is 0 Å². The van der Waals surface area contributed by atoms with Crippen LogP contribution in [-0.2, 0) is 17.0 Å². The van der Waals surface area contributed by atoms with Crippen LogP contribution >= 0.6 is 27.7 Å². The summed E-state index contributed by atoms with van der Waals surface area (Å²) in [5.74, 6) is 2.58. The highest BCUT2D eigenvalue weighted by Crippen LogP contribution is 2.34. The Labute approximate surface area is 174 Å². The topological polar surface area (TPSA) is 47.6 Å². The minimum atomic E-state index is 0.0668. The van der Waals surface area contributed by atoms with E-state index < -0.39 is 0 Å². The largest absolute Gasteiger partial charge is 0.493 e. The van der Waals surface area contributed by atoms with E-state index in [0.29, 0.717) is 23.0 Å². The van der Waals surface area contributed by atoms with Crippen LogP contribution in [0.4, 0.5) is 0 Å². The van der Waals surface area contributed by atoms with Crippen molar-refractivity contribution in [1.29, 1.82) is 0 Å². The van der Waals surface area contributed by atoms with E-state index in [0.717, 1.165) is 22.9 Å². The van der Waals surface area contributed by atoms with Crippen LogP contribution in [0.25, 0.3) is 0 Å². The minimum absolute atomic E-state index is 0.0668. The monoisotopic (exact) mass is 451 g/mol. The number of hydrogen-bond donors (Lipinski definition) is 1. The summed E-state index contributed by atoms with van der Waals surface area (Å²) in [5, 5.41) is 3.08. The van der Waals surface area contributed by atoms with Gasteiger partial charge in [-0.3, -0.25) is 4.79 Å². The highest BCUT2D eigenvalue weighted by atomic mass is 79.9. The minimum Gasteiger partial charge on any atom is -0.493 e. The number of aryl methyl sites for hydroxylation is 1. The van der Waals surface area contributed by atoms with Crippen LogP contribution in [-0.4, -0.2) is 31.9 Å². The molecule has 1 N–H and O–H groups in total. The molecular formula is C21H26BrNO3S. The number of ether oxygens (including phenoxy) is 2. The first-order chi connectivity index (χ1) is 13.0. The SMILES string of the molecule is COc1cc(Br)c(CSCC(=O)N[C@H](C)CCc2ccccc2)cc1OC. The van der Waals surface area contributed by atoms with Crippen LogP contribution in [0.3, 0.4) is 0 Å². The normalized spacial score (nSPS) is 11.7. The fourth-order valence-corrected chi connectivity index (χ4v) is 4.15. The summed E-state index contributed by atoms with van der Waals surface area (Å²) in [5.41, 5.74) is 2.37. The predicted molar refractivity (Wildman–Crippen MR) is 116 cm³/mol. The third kappa shape index (κ3) is 7.11. The number of thioether (sulfide) groups is 1. The first-order valence-electron chi connectivity index (χ1n) is 8.85. The summed E-state index contributed by atoms with van der Waals surface area (Å²) < 4.78 is 11.6. The summed E-state index contributed by atoms with van der Waals surface area (Å²) in [4.78, 5) is 12.2. The van der Waals surface area contributed by atoms with E-state index in [1.54, 1.807) is 26.0 Å². The highest BCUT2D eigenvalue weighted by molar-refractivity contribution is 9.10. The fourth-order valence-electron chi connectivity index (χ4n) is 2.68. The van der Waals surface area contributed by atoms with Crippen molar-refractivity contribution in [3.8, 4) is 11.5 Å². The summed E-state index contributed by atoms with van der Waals surface area (Å²) >= 11 is 5.13. The van der Waals surface area contributed by atoms with Gasteiger partial charge in [0.25, 0.3) is 0 Å². The molecule has 0 heterocycles. The molecule has 0 aliphatic rings. The number of rotatable bonds is 10. The fraction of sp³-hybridized carbons (Fsp3) is 0.381. The third-order valence-electron chi connectivity index (χ3n) is 4.16. The molecule has 27 heavy (non-hydrogen) atoms. The lowest BCUT2D eigenvalue weighted by Crippen LogP contribution is -2.34. The smallest absolute Gasteiger partial charge is 0.230 e. The van der Waals surface area contributed by atoms with E-state index in [4.69, 9.17) is 9.47 Å². The van der Waals surface area contributed by atoms with Gasteiger partial charge in [-0.2, -0.15) is 0 Å². The summed E-state index contributed by atoms with van der Waals surface area (Å²) in [6, 6.07) is 14.3. The maximum Gasteiger partial charge on any atom is 0.230 e. The van der Waals surface area contributed by atoms with Gasteiger partial charge in [0.1, 0.15) is 0 Å². The highest BCUT2D eigenvalue weighted by Gasteiger charge is 2.12. The van der Waals surface area contributed by atoms with Crippen LogP contribution < -0.4 is 14.8 Å². The zero-order chi connectivity index (χ0) is 19.6. The molecule has 6 heteroatoms. The number of benzene rings is 2. The quantitative estimate of drug-likeness (QED) is 0.561. The number of halogens is 1. The van der Waals surface area contributed by atoms with Crippen LogP contribution in [0, 0.1) is 0 Å². The molecule has 0 aliphatic heterocycles. The molecular weight excluding hydrogens is 426 g/mol. The van der Waals surface area contributed by atoms with Gasteiger partial charge in [0.15, 0.2) is 11.5 Å². The summed E-state index contributed by atoms with van der Waals surface area (Å²) in [6.45, 7) is 2.05. The van der Waals surface area contributed by atoms with Crippen molar-refractivity contribution >= 4 is 33.6 Å². The van der Waals surface area contributed by atoms with Crippen molar-refractivity contribution in [2.45, 2.75) is 31.6 Å². The van der Waals surface area contributed by atoms with E-state index in [1.807, 2.05) is 30.3 Å². The lowest BCUT2D eigenvalue weighted by molar-refractivity contribution is -0.119. The Morgan fingerprint density at radius 1 is 1.15 bits per heavy atom. The predicted octanol–water partition coefficient (Wildman–Crippen LogP) is 4.84. The number of methoxy groups -OCH3 is 2. The van der Waals surface area contributed by atoms with Gasteiger partial charge in [-0.25, -0.2) is 0 Å². The average Bonchev–Trinajstić information content (AvgIpc) is 2.68. The van der Waals surface area contributed by atoms with Crippen molar-refractivity contribution in [3.05, 3.63) is 58.1 Å². The molecule has 0 saturated carbocycles. The van der Waals surface area contributed by atoms with E-state index in [1.165, 1.54) is 5.56 Å². The van der Waals surface area contributed by atoms with Gasteiger partial charge in [-0.05, 0) is 43.0 Å². The van der Waals surface area contributed by atoms with Crippen LogP contribution in [0.15, 0.2) is 46.9 Å². The Hall–Kier alpha value is -1.66. The number of nitrogens with one attached hydrogen (secondary N) is 1. The Morgan fingerprint density at radius 2 is 1.81 bits per heavy atom. The zero-order valence-electron chi connectivity index (χ0n) is 16.0. The molecule has 4 nitrogen and oxygen atoms in total. The van der Waals surface area contributed by atoms with Crippen molar-refractivity contribution in [3.63, 3.8) is 0 Å². The van der Waals surface area contributed by atoms with Gasteiger partial charge in [0.05, 0.1) is 20.0 Å². The van der Waals surface area contributed by atoms with Gasteiger partial charge in [0.2, 0.25) is 5.91 Å². The van der Waals surface area contributed by atoms with Gasteiger partial charge in [0, 0.05) is 16.3 Å². The molecule has 0 saturated heterocycles. The van der Waals surface area contributed by atoms with E-state index in [-0.39, 0.29) is 11.9 Å². The van der Waals surface area contributed by atoms with Crippen LogP contribution in [0.5, 0.6) is 11.5 Å². The molecule has 0 spiro atoms. The van der Waals surface area contributed by atoms with Crippen molar-refractivity contribution in [1.82, 2.24) is 5.32 Å². The molecule has 0 unspecified atom stereocenters. The number of amides is 1. The Bertz CT molecular complexity index is 740. The number of carbonyl (C=O) groups is 1. The van der Waals surface area contributed by atoms with E-state index in [9.17, 15) is 4.79 Å². The van der Waals surface area contributed by atoms with Crippen LogP contribution in [0.1, 0.15) is 24.5 Å². The van der Waals surface area contributed by atoms with Crippen molar-refractivity contribution < 1.29 is 14.3 Å². The summed E-state index contributed by atoms with van der Waals surface area (Å²) in [6.07, 6.45) is 1.90. The van der Waals surface area contributed by atoms with Gasteiger partial charge < -0.3 is 14.8 Å². The lowest BCUT2D eigenvalue weighted by atomic mass is 10.1. The van der Waals surface area contributed by atoms with E-state index in [2.05, 4.69) is 40.3 Å². The van der Waals surface area contributed by atoms with E-state index >= 15 is 0 Å². The number of hydrogen-bond acceptors (Lipinski definition) is 4. The molecule has 0 fully saturated rings. The summed E-state index contributed by atoms with van der Waals surface area (Å²) in [7, 11) is 3.23. The van der Waals surface area contributed by atoms with Gasteiger partial charge >= 0.3 is 0 Å². The maximum absolute atomic E-state index is 12.2. The van der Waals surface area contributed by atoms with Crippen molar-refractivity contribution in [2.75, 3.05) is 20.0 Å². The third-order valence-corrected chi connectivity index (χ3v) is 5.88. The molecule has 2 aromatic rings. The molecule has 146 valence electrons. The number of carbonyl (C=O) groups excluding carboxylic acids is 1.